The Kier molecular flexibility index (Phi) is 27.7. The molecule has 0 radical (unpaired) electrons. The van der Waals surface area contributed by atoms with Gasteiger partial charge in [0.15, 0.2) is 0 Å². The summed E-state index contributed by atoms with van der Waals surface area (Å²) in [7, 11) is 0. The first-order valence-electron chi connectivity index (χ1n) is 31.6. The quantitative estimate of drug-likeness (QED) is 0.0290. The Balaban J connectivity index is 1.40. The number of allylic oxidation sites excluding steroid dienone is 1. The molecule has 0 spiro atoms. The highest BCUT2D eigenvalue weighted by atomic mass is 16.7. The van der Waals surface area contributed by atoms with Crippen LogP contribution in [0.5, 0.6) is 11.5 Å². The van der Waals surface area contributed by atoms with E-state index < -0.39 is 35.5 Å². The Morgan fingerprint density at radius 1 is 0.775 bits per heavy atom. The van der Waals surface area contributed by atoms with Crippen molar-refractivity contribution in [3.8, 4) is 11.5 Å². The van der Waals surface area contributed by atoms with E-state index in [1.54, 1.807) is 12.1 Å². The summed E-state index contributed by atoms with van der Waals surface area (Å²) in [5, 5.41) is 30.4. The molecule has 2 aliphatic carbocycles. The van der Waals surface area contributed by atoms with Crippen LogP contribution in [0.3, 0.4) is 0 Å². The van der Waals surface area contributed by atoms with E-state index >= 15 is 4.79 Å². The van der Waals surface area contributed by atoms with Crippen LogP contribution in [0.25, 0.3) is 10.8 Å². The van der Waals surface area contributed by atoms with Crippen molar-refractivity contribution in [2.24, 2.45) is 22.9 Å². The first-order valence-corrected chi connectivity index (χ1v) is 31.6. The largest absolute Gasteiger partial charge is 0.459 e. The van der Waals surface area contributed by atoms with Gasteiger partial charge >= 0.3 is 12.2 Å². The highest BCUT2D eigenvalue weighted by Crippen LogP contribution is 2.62. The lowest BCUT2D eigenvalue weighted by Crippen LogP contribution is -2.70. The SMILES string of the molecule is C=CCOC12Oc3ccc(OC(=O)NCCCCCCCCCCCC)cc3C3C(CCCCO)C(CCCCO)C=C(C(=NOC(C)(C)C)CC1N(Cc1cccc4ccccc14)C(=O)OCCCCCCCCCCCC)C32. The third-order valence-electron chi connectivity index (χ3n) is 16.6. The summed E-state index contributed by atoms with van der Waals surface area (Å²) in [6.45, 7) is 15.9. The van der Waals surface area contributed by atoms with Crippen LogP contribution >= 0.6 is 0 Å². The number of unbranched alkanes of at least 4 members (excludes halogenated alkanes) is 20. The van der Waals surface area contributed by atoms with E-state index in [1.165, 1.54) is 89.9 Å². The first kappa shape index (κ1) is 64.3. The second-order valence-electron chi connectivity index (χ2n) is 24.0. The van der Waals surface area contributed by atoms with Gasteiger partial charge in [0.1, 0.15) is 23.1 Å². The number of amides is 2. The third-order valence-corrected chi connectivity index (χ3v) is 16.6. The lowest BCUT2D eigenvalue weighted by atomic mass is 9.55. The maximum absolute atomic E-state index is 15.4. The van der Waals surface area contributed by atoms with Gasteiger partial charge < -0.3 is 39.3 Å². The number of carbonyl (C=O) groups excluding carboxylic acids is 2. The van der Waals surface area contributed by atoms with E-state index in [2.05, 4.69) is 56.1 Å². The standard InChI is InChI=1S/C68H103N3O9/c1-7-10-12-14-16-18-20-22-24-30-43-69-65(74)78-55-41-42-61-59(49-55)63-57(40-29-32-45-73)53(36-28-31-44-72)48-58-60(70-80-67(4,5)6)50-62(68(79-61,64(58)63)77-46-9-3)71(51-54-38-34-37-52-35-26-27-39-56(52)54)66(75)76-47-33-25-23-21-19-17-15-13-11-8-2/h9,26-27,34-35,37-39,41-42,48-49,53,57,62-64,72-73H,3,7-8,10-25,28-33,36,40,43-47,50-51H2,1-2,4-6H3,(H,69,74). The molecule has 0 aromatic heterocycles. The highest BCUT2D eigenvalue weighted by Gasteiger charge is 2.66. The summed E-state index contributed by atoms with van der Waals surface area (Å²) >= 11 is 0. The number of aliphatic hydroxyl groups is 2. The predicted molar refractivity (Wildman–Crippen MR) is 324 cm³/mol. The van der Waals surface area contributed by atoms with Crippen LogP contribution in [0.1, 0.15) is 225 Å². The van der Waals surface area contributed by atoms with Crippen molar-refractivity contribution in [1.82, 2.24) is 10.2 Å². The fraction of sp³-hybridized carbons (Fsp3) is 0.662. The number of carbonyl (C=O) groups is 2. The number of nitrogens with one attached hydrogen (secondary N) is 1. The van der Waals surface area contributed by atoms with E-state index in [1.807, 2.05) is 56.0 Å². The fourth-order valence-electron chi connectivity index (χ4n) is 12.6. The third kappa shape index (κ3) is 19.1. The normalized spacial score (nSPS) is 20.8. The zero-order valence-corrected chi connectivity index (χ0v) is 50.0. The lowest BCUT2D eigenvalue weighted by molar-refractivity contribution is -0.256. The number of ether oxygens (including phenoxy) is 4. The smallest absolute Gasteiger partial charge is 0.412 e. The zero-order chi connectivity index (χ0) is 57.0. The molecule has 12 nitrogen and oxygen atoms in total. The summed E-state index contributed by atoms with van der Waals surface area (Å²) in [4.78, 5) is 37.2. The second kappa shape index (κ2) is 34.5. The Labute approximate surface area is 481 Å². The number of aliphatic hydroxyl groups excluding tert-OH is 2. The average molecular weight is 1110 g/mol. The molecule has 0 bridgehead atoms. The minimum Gasteiger partial charge on any atom is -0.459 e. The van der Waals surface area contributed by atoms with Crippen LogP contribution in [-0.4, -0.2) is 83.4 Å². The lowest BCUT2D eigenvalue weighted by Gasteiger charge is -2.60. The molecule has 3 N–H and O–H groups in total. The van der Waals surface area contributed by atoms with Crippen LogP contribution in [-0.2, 0) is 20.9 Å². The fourth-order valence-corrected chi connectivity index (χ4v) is 12.6. The minimum atomic E-state index is -1.50. The molecule has 2 amide bonds. The van der Waals surface area contributed by atoms with Crippen molar-refractivity contribution in [3.63, 3.8) is 0 Å². The number of hydrogen-bond acceptors (Lipinski definition) is 10. The molecule has 3 aliphatic rings. The number of hydrogen-bond donors (Lipinski definition) is 3. The van der Waals surface area contributed by atoms with Gasteiger partial charge in [0, 0.05) is 37.7 Å². The van der Waals surface area contributed by atoms with Gasteiger partial charge in [-0.05, 0) is 111 Å². The van der Waals surface area contributed by atoms with E-state index in [4.69, 9.17) is 28.9 Å². The van der Waals surface area contributed by atoms with Gasteiger partial charge in [-0.2, -0.15) is 0 Å². The van der Waals surface area contributed by atoms with Crippen LogP contribution in [0.2, 0.25) is 0 Å². The summed E-state index contributed by atoms with van der Waals surface area (Å²) in [5.41, 5.74) is 2.84. The van der Waals surface area contributed by atoms with Crippen LogP contribution in [0, 0.1) is 17.8 Å². The van der Waals surface area contributed by atoms with Crippen molar-refractivity contribution >= 4 is 28.7 Å². The molecule has 12 heteroatoms. The second-order valence-corrected chi connectivity index (χ2v) is 24.0. The van der Waals surface area contributed by atoms with Crippen LogP contribution in [0.4, 0.5) is 9.59 Å². The Hall–Kier alpha value is -4.91. The van der Waals surface area contributed by atoms with Crippen LogP contribution in [0.15, 0.2) is 90.1 Å². The number of nitrogens with zero attached hydrogens (tertiary/aromatic N) is 2. The summed E-state index contributed by atoms with van der Waals surface area (Å²) < 4.78 is 27.4. The molecule has 3 aromatic carbocycles. The zero-order valence-electron chi connectivity index (χ0n) is 50.0. The van der Waals surface area contributed by atoms with E-state index in [9.17, 15) is 15.0 Å². The molecule has 1 aliphatic heterocycles. The summed E-state index contributed by atoms with van der Waals surface area (Å²) in [6, 6.07) is 19.3. The number of oxime groups is 1. The van der Waals surface area contributed by atoms with Crippen molar-refractivity contribution in [2.45, 2.75) is 238 Å². The maximum Gasteiger partial charge on any atom is 0.412 e. The Morgan fingerprint density at radius 2 is 1.40 bits per heavy atom. The molecule has 444 valence electrons. The topological polar surface area (TPSA) is 148 Å². The Morgan fingerprint density at radius 3 is 2.05 bits per heavy atom. The Bertz CT molecular complexity index is 2370. The molecule has 1 fully saturated rings. The molecule has 0 saturated heterocycles. The first-order chi connectivity index (χ1) is 39.0. The average Bonchev–Trinajstić information content (AvgIpc) is 3.29. The van der Waals surface area contributed by atoms with Crippen molar-refractivity contribution < 1.29 is 43.6 Å². The highest BCUT2D eigenvalue weighted by molar-refractivity contribution is 6.03. The van der Waals surface area contributed by atoms with Gasteiger partial charge in [-0.3, -0.25) is 4.90 Å². The monoisotopic (exact) mass is 1110 g/mol. The van der Waals surface area contributed by atoms with Crippen molar-refractivity contribution in [3.05, 3.63) is 96.1 Å². The van der Waals surface area contributed by atoms with Gasteiger partial charge in [0.25, 0.3) is 0 Å². The molecule has 80 heavy (non-hydrogen) atoms. The molecule has 1 heterocycles. The van der Waals surface area contributed by atoms with Gasteiger partial charge in [0.2, 0.25) is 5.79 Å². The number of benzene rings is 3. The van der Waals surface area contributed by atoms with Gasteiger partial charge in [-0.25, -0.2) is 9.59 Å². The minimum absolute atomic E-state index is 0.0119. The summed E-state index contributed by atoms with van der Waals surface area (Å²) in [6.07, 6.45) is 31.6. The molecule has 6 rings (SSSR count). The molecular weight excluding hydrogens is 1000 g/mol. The van der Waals surface area contributed by atoms with E-state index in [0.717, 1.165) is 91.7 Å². The van der Waals surface area contributed by atoms with Gasteiger partial charge in [0.05, 0.1) is 31.4 Å². The molecule has 6 unspecified atom stereocenters. The van der Waals surface area contributed by atoms with Gasteiger partial charge in [-0.1, -0.05) is 202 Å². The van der Waals surface area contributed by atoms with E-state index in [0.29, 0.717) is 36.6 Å². The van der Waals surface area contributed by atoms with Crippen LogP contribution < -0.4 is 14.8 Å². The van der Waals surface area contributed by atoms with Crippen molar-refractivity contribution in [2.75, 3.05) is 33.0 Å². The summed E-state index contributed by atoms with van der Waals surface area (Å²) in [5.74, 6) is -1.35. The molecule has 1 saturated carbocycles. The van der Waals surface area contributed by atoms with Crippen molar-refractivity contribution in [1.29, 1.82) is 0 Å². The molecular formula is C68H103N3O9. The number of fused-ring (bicyclic) bond motifs is 3. The van der Waals surface area contributed by atoms with Gasteiger partial charge in [-0.15, -0.1) is 6.58 Å². The van der Waals surface area contributed by atoms with E-state index in [-0.39, 0.29) is 57.1 Å². The predicted octanol–water partition coefficient (Wildman–Crippen LogP) is 16.8. The molecule has 3 aromatic rings. The number of rotatable bonds is 38. The molecule has 6 atom stereocenters. The maximum atomic E-state index is 15.4.